The van der Waals surface area contributed by atoms with Crippen molar-refractivity contribution in [3.05, 3.63) is 30.0 Å². The van der Waals surface area contributed by atoms with Crippen LogP contribution in [0.25, 0.3) is 10.9 Å². The van der Waals surface area contributed by atoms with Crippen molar-refractivity contribution >= 4 is 16.6 Å². The Morgan fingerprint density at radius 2 is 2.04 bits per heavy atom. The van der Waals surface area contributed by atoms with Gasteiger partial charge in [0, 0.05) is 36.4 Å². The van der Waals surface area contributed by atoms with E-state index in [1.54, 1.807) is 0 Å². The van der Waals surface area contributed by atoms with Crippen molar-refractivity contribution in [1.82, 2.24) is 4.98 Å². The number of aromatic nitrogens is 1. The monoisotopic (exact) mass is 324 g/mol. The van der Waals surface area contributed by atoms with E-state index < -0.39 is 0 Å². The van der Waals surface area contributed by atoms with Crippen LogP contribution in [0.3, 0.4) is 0 Å². The van der Waals surface area contributed by atoms with Crippen LogP contribution in [-0.4, -0.2) is 24.7 Å². The highest BCUT2D eigenvalue weighted by molar-refractivity contribution is 5.93. The summed E-state index contributed by atoms with van der Waals surface area (Å²) in [5.41, 5.74) is 3.79. The zero-order valence-corrected chi connectivity index (χ0v) is 14.8. The first-order valence-corrected chi connectivity index (χ1v) is 9.64. The van der Waals surface area contributed by atoms with E-state index in [4.69, 9.17) is 4.74 Å². The molecule has 1 aliphatic carbocycles. The first-order chi connectivity index (χ1) is 11.8. The minimum atomic E-state index is 0.781. The van der Waals surface area contributed by atoms with Gasteiger partial charge in [-0.1, -0.05) is 13.3 Å². The molecule has 3 heteroatoms. The Balaban J connectivity index is 1.70. The summed E-state index contributed by atoms with van der Waals surface area (Å²) in [7, 11) is 0. The number of ether oxygens (including phenoxy) is 1. The number of nitrogens with zero attached hydrogens (tertiary/aromatic N) is 2. The smallest absolute Gasteiger partial charge is 0.124 e. The first-order valence-electron chi connectivity index (χ1n) is 9.64. The minimum Gasteiger partial charge on any atom is -0.493 e. The van der Waals surface area contributed by atoms with Crippen LogP contribution in [0.1, 0.15) is 51.0 Å². The summed E-state index contributed by atoms with van der Waals surface area (Å²) in [6.45, 7) is 5.46. The summed E-state index contributed by atoms with van der Waals surface area (Å²) in [4.78, 5) is 7.14. The highest BCUT2D eigenvalue weighted by Crippen LogP contribution is 2.35. The van der Waals surface area contributed by atoms with E-state index in [0.717, 1.165) is 30.2 Å². The summed E-state index contributed by atoms with van der Waals surface area (Å²) in [6, 6.07) is 6.72. The van der Waals surface area contributed by atoms with Crippen molar-refractivity contribution in [3.8, 4) is 5.75 Å². The van der Waals surface area contributed by atoms with Gasteiger partial charge in [-0.05, 0) is 62.1 Å². The molecule has 0 amide bonds. The third-order valence-electron chi connectivity index (χ3n) is 5.32. The molecule has 0 spiro atoms. The molecule has 2 heterocycles. The molecule has 1 aromatic carbocycles. The van der Waals surface area contributed by atoms with Gasteiger partial charge in [-0.15, -0.1) is 0 Å². The van der Waals surface area contributed by atoms with Crippen LogP contribution in [0.4, 0.5) is 5.69 Å². The van der Waals surface area contributed by atoms with Gasteiger partial charge < -0.3 is 9.64 Å². The maximum atomic E-state index is 6.18. The molecule has 2 fully saturated rings. The molecule has 0 bridgehead atoms. The average molecular weight is 324 g/mol. The van der Waals surface area contributed by atoms with Crippen LogP contribution >= 0.6 is 0 Å². The van der Waals surface area contributed by atoms with Crippen LogP contribution < -0.4 is 9.64 Å². The standard InChI is InChI=1S/C21H28N2O/c1-2-3-6-17-13-18-19(14-21(17)24-15-16-7-8-16)22-10-9-20(18)23-11-4-5-12-23/h9-10,13-14,16H,2-8,11-12,15H2,1H3. The zero-order chi connectivity index (χ0) is 16.4. The van der Waals surface area contributed by atoms with E-state index in [1.807, 2.05) is 6.20 Å². The molecule has 1 saturated carbocycles. The van der Waals surface area contributed by atoms with E-state index in [-0.39, 0.29) is 0 Å². The number of rotatable bonds is 7. The predicted octanol–water partition coefficient (Wildman–Crippen LogP) is 4.97. The first kappa shape index (κ1) is 15.7. The number of benzene rings is 1. The number of pyridine rings is 1. The average Bonchev–Trinajstić information content (AvgIpc) is 3.28. The van der Waals surface area contributed by atoms with Crippen molar-refractivity contribution in [2.45, 2.75) is 51.9 Å². The summed E-state index contributed by atoms with van der Waals surface area (Å²) in [6.07, 6.45) is 10.7. The Kier molecular flexibility index (Phi) is 4.59. The Morgan fingerprint density at radius 3 is 2.79 bits per heavy atom. The molecular weight excluding hydrogens is 296 g/mol. The number of fused-ring (bicyclic) bond motifs is 1. The summed E-state index contributed by atoms with van der Waals surface area (Å²) < 4.78 is 6.18. The Bertz CT molecular complexity index is 702. The highest BCUT2D eigenvalue weighted by atomic mass is 16.5. The van der Waals surface area contributed by atoms with E-state index in [9.17, 15) is 0 Å². The summed E-state index contributed by atoms with van der Waals surface area (Å²) in [5, 5.41) is 1.30. The van der Waals surface area contributed by atoms with E-state index in [1.165, 1.54) is 68.3 Å². The minimum absolute atomic E-state index is 0.781. The Labute approximate surface area is 145 Å². The van der Waals surface area contributed by atoms with E-state index in [2.05, 4.69) is 35.0 Å². The van der Waals surface area contributed by atoms with Gasteiger partial charge in [0.1, 0.15) is 5.75 Å². The second-order valence-electron chi connectivity index (χ2n) is 7.36. The van der Waals surface area contributed by atoms with Gasteiger partial charge in [0.05, 0.1) is 12.1 Å². The maximum absolute atomic E-state index is 6.18. The molecule has 0 atom stereocenters. The van der Waals surface area contributed by atoms with Gasteiger partial charge in [-0.3, -0.25) is 4.98 Å². The normalized spacial score (nSPS) is 17.6. The van der Waals surface area contributed by atoms with Crippen molar-refractivity contribution in [2.24, 2.45) is 5.92 Å². The molecule has 0 N–H and O–H groups in total. The molecular formula is C21H28N2O. The molecule has 1 saturated heterocycles. The molecule has 1 aliphatic heterocycles. The predicted molar refractivity (Wildman–Crippen MR) is 100 cm³/mol. The molecule has 2 aromatic rings. The Morgan fingerprint density at radius 1 is 1.21 bits per heavy atom. The van der Waals surface area contributed by atoms with Gasteiger partial charge in [0.2, 0.25) is 0 Å². The van der Waals surface area contributed by atoms with Crippen LogP contribution in [0.5, 0.6) is 5.75 Å². The molecule has 2 aliphatic rings. The lowest BCUT2D eigenvalue weighted by atomic mass is 10.0. The molecule has 0 radical (unpaired) electrons. The van der Waals surface area contributed by atoms with Gasteiger partial charge in [-0.2, -0.15) is 0 Å². The fourth-order valence-corrected chi connectivity index (χ4v) is 3.63. The summed E-state index contributed by atoms with van der Waals surface area (Å²) >= 11 is 0. The number of hydrogen-bond donors (Lipinski definition) is 0. The second-order valence-corrected chi connectivity index (χ2v) is 7.36. The van der Waals surface area contributed by atoms with Crippen molar-refractivity contribution in [2.75, 3.05) is 24.6 Å². The SMILES string of the molecule is CCCCc1cc2c(N3CCCC3)ccnc2cc1OCC1CC1. The van der Waals surface area contributed by atoms with Crippen molar-refractivity contribution in [1.29, 1.82) is 0 Å². The quantitative estimate of drug-likeness (QED) is 0.719. The third kappa shape index (κ3) is 3.35. The number of hydrogen-bond acceptors (Lipinski definition) is 3. The molecule has 24 heavy (non-hydrogen) atoms. The fraction of sp³-hybridized carbons (Fsp3) is 0.571. The van der Waals surface area contributed by atoms with Gasteiger partial charge in [0.25, 0.3) is 0 Å². The highest BCUT2D eigenvalue weighted by Gasteiger charge is 2.23. The molecule has 3 nitrogen and oxygen atoms in total. The van der Waals surface area contributed by atoms with Gasteiger partial charge >= 0.3 is 0 Å². The molecule has 4 rings (SSSR count). The Hall–Kier alpha value is -1.77. The van der Waals surface area contributed by atoms with Crippen LogP contribution in [0, 0.1) is 5.92 Å². The van der Waals surface area contributed by atoms with Crippen LogP contribution in [0.15, 0.2) is 24.4 Å². The van der Waals surface area contributed by atoms with Crippen molar-refractivity contribution in [3.63, 3.8) is 0 Å². The zero-order valence-electron chi connectivity index (χ0n) is 14.8. The lowest BCUT2D eigenvalue weighted by Gasteiger charge is -2.21. The topological polar surface area (TPSA) is 25.4 Å². The maximum Gasteiger partial charge on any atom is 0.124 e. The van der Waals surface area contributed by atoms with E-state index >= 15 is 0 Å². The van der Waals surface area contributed by atoms with Gasteiger partial charge in [0.15, 0.2) is 0 Å². The number of anilines is 1. The molecule has 0 unspecified atom stereocenters. The largest absolute Gasteiger partial charge is 0.493 e. The number of unbranched alkanes of at least 4 members (excludes halogenated alkanes) is 1. The lowest BCUT2D eigenvalue weighted by Crippen LogP contribution is -2.18. The van der Waals surface area contributed by atoms with Crippen LogP contribution in [-0.2, 0) is 6.42 Å². The van der Waals surface area contributed by atoms with Gasteiger partial charge in [-0.25, -0.2) is 0 Å². The fourth-order valence-electron chi connectivity index (χ4n) is 3.63. The lowest BCUT2D eigenvalue weighted by molar-refractivity contribution is 0.297. The molecule has 128 valence electrons. The van der Waals surface area contributed by atoms with E-state index in [0.29, 0.717) is 0 Å². The van der Waals surface area contributed by atoms with Crippen molar-refractivity contribution < 1.29 is 4.74 Å². The molecule has 1 aromatic heterocycles. The summed E-state index contributed by atoms with van der Waals surface area (Å²) in [5.74, 6) is 1.84. The third-order valence-corrected chi connectivity index (χ3v) is 5.32. The second kappa shape index (κ2) is 7.00. The number of aryl methyl sites for hydroxylation is 1. The van der Waals surface area contributed by atoms with Crippen LogP contribution in [0.2, 0.25) is 0 Å².